The lowest BCUT2D eigenvalue weighted by atomic mass is 9.91. The normalized spacial score (nSPS) is 29.8. The van der Waals surface area contributed by atoms with Crippen LogP contribution in [0.25, 0.3) is 0 Å². The van der Waals surface area contributed by atoms with Gasteiger partial charge in [0.15, 0.2) is 0 Å². The molecule has 0 radical (unpaired) electrons. The van der Waals surface area contributed by atoms with Gasteiger partial charge < -0.3 is 14.6 Å². The number of hydrogen-bond donors (Lipinski definition) is 1. The van der Waals surface area contributed by atoms with Crippen LogP contribution in [0.4, 0.5) is 4.39 Å². The highest BCUT2D eigenvalue weighted by Gasteiger charge is 2.41. The van der Waals surface area contributed by atoms with E-state index in [0.29, 0.717) is 17.9 Å². The Labute approximate surface area is 122 Å². The highest BCUT2D eigenvalue weighted by atomic mass is 32.2. The van der Waals surface area contributed by atoms with Crippen molar-refractivity contribution in [3.05, 3.63) is 29.6 Å². The van der Waals surface area contributed by atoms with E-state index in [2.05, 4.69) is 0 Å². The van der Waals surface area contributed by atoms with Gasteiger partial charge in [0.2, 0.25) is 0 Å². The Hall–Kier alpha value is -0.780. The Morgan fingerprint density at radius 2 is 2.35 bits per heavy atom. The fourth-order valence-electron chi connectivity index (χ4n) is 2.92. The summed E-state index contributed by atoms with van der Waals surface area (Å²) in [4.78, 5) is 0. The van der Waals surface area contributed by atoms with Crippen molar-refractivity contribution in [2.24, 2.45) is 0 Å². The van der Waals surface area contributed by atoms with Crippen molar-refractivity contribution < 1.29 is 19.0 Å². The molecule has 0 amide bonds. The van der Waals surface area contributed by atoms with Gasteiger partial charge in [0.25, 0.3) is 0 Å². The van der Waals surface area contributed by atoms with E-state index in [1.807, 2.05) is 11.8 Å². The number of aliphatic hydroxyl groups excluding tert-OH is 1. The van der Waals surface area contributed by atoms with E-state index in [1.165, 1.54) is 12.1 Å². The molecule has 0 aromatic heterocycles. The van der Waals surface area contributed by atoms with Crippen molar-refractivity contribution in [3.8, 4) is 5.75 Å². The number of hydrogen-bond acceptors (Lipinski definition) is 4. The number of halogens is 1. The molecule has 2 heterocycles. The molecule has 1 aromatic rings. The first-order valence-corrected chi connectivity index (χ1v) is 8.13. The summed E-state index contributed by atoms with van der Waals surface area (Å²) in [7, 11) is 0. The van der Waals surface area contributed by atoms with Crippen LogP contribution in [0.5, 0.6) is 5.75 Å². The van der Waals surface area contributed by atoms with Crippen molar-refractivity contribution in [1.29, 1.82) is 0 Å². The van der Waals surface area contributed by atoms with Crippen molar-refractivity contribution in [1.82, 2.24) is 0 Å². The summed E-state index contributed by atoms with van der Waals surface area (Å²) >= 11 is 1.92. The second kappa shape index (κ2) is 5.92. The lowest BCUT2D eigenvalue weighted by Crippen LogP contribution is -2.43. The summed E-state index contributed by atoms with van der Waals surface area (Å²) < 4.78 is 25.3. The Morgan fingerprint density at radius 3 is 3.10 bits per heavy atom. The zero-order valence-corrected chi connectivity index (χ0v) is 12.1. The Bertz CT molecular complexity index is 474. The number of thioether (sulfide) groups is 1. The van der Waals surface area contributed by atoms with Crippen molar-refractivity contribution >= 4 is 11.8 Å². The van der Waals surface area contributed by atoms with Crippen LogP contribution < -0.4 is 4.74 Å². The quantitative estimate of drug-likeness (QED) is 0.931. The minimum atomic E-state index is -0.371. The minimum absolute atomic E-state index is 0.0410. The standard InChI is InChI=1S/C15H19FO3S/c16-12-5-11(9-17)6-14(7-12)19-13-1-3-18-15(8-13)2-4-20-10-15/h5-7,13,17H,1-4,8-10H2. The van der Waals surface area contributed by atoms with Crippen molar-refractivity contribution in [3.63, 3.8) is 0 Å². The van der Waals surface area contributed by atoms with E-state index in [1.54, 1.807) is 6.07 Å². The molecule has 1 aromatic carbocycles. The zero-order chi connectivity index (χ0) is 14.0. The molecule has 2 unspecified atom stereocenters. The van der Waals surface area contributed by atoms with Gasteiger partial charge in [0, 0.05) is 24.7 Å². The minimum Gasteiger partial charge on any atom is -0.490 e. The topological polar surface area (TPSA) is 38.7 Å². The van der Waals surface area contributed by atoms with Crippen LogP contribution in [0.3, 0.4) is 0 Å². The maximum atomic E-state index is 13.4. The van der Waals surface area contributed by atoms with Crippen molar-refractivity contribution in [2.45, 2.75) is 37.6 Å². The maximum absolute atomic E-state index is 13.4. The first-order valence-electron chi connectivity index (χ1n) is 6.98. The van der Waals surface area contributed by atoms with Crippen LogP contribution >= 0.6 is 11.8 Å². The first kappa shape index (κ1) is 14.2. The molecule has 2 saturated heterocycles. The smallest absolute Gasteiger partial charge is 0.127 e. The molecule has 5 heteroatoms. The summed E-state index contributed by atoms with van der Waals surface area (Å²) in [6.07, 6.45) is 2.83. The molecule has 3 nitrogen and oxygen atoms in total. The predicted octanol–water partition coefficient (Wildman–Crippen LogP) is 2.75. The summed E-state index contributed by atoms with van der Waals surface area (Å²) in [5, 5.41) is 9.11. The summed E-state index contributed by atoms with van der Waals surface area (Å²) in [6, 6.07) is 4.41. The van der Waals surface area contributed by atoms with Gasteiger partial charge in [0.05, 0.1) is 18.8 Å². The molecule has 2 fully saturated rings. The monoisotopic (exact) mass is 298 g/mol. The number of benzene rings is 1. The van der Waals surface area contributed by atoms with Gasteiger partial charge in [-0.25, -0.2) is 4.39 Å². The van der Waals surface area contributed by atoms with E-state index >= 15 is 0 Å². The lowest BCUT2D eigenvalue weighted by molar-refractivity contribution is -0.0959. The van der Waals surface area contributed by atoms with Crippen LogP contribution in [0.2, 0.25) is 0 Å². The van der Waals surface area contributed by atoms with E-state index in [4.69, 9.17) is 14.6 Å². The largest absolute Gasteiger partial charge is 0.490 e. The Balaban J connectivity index is 1.69. The van der Waals surface area contributed by atoms with E-state index < -0.39 is 0 Å². The third-order valence-electron chi connectivity index (χ3n) is 3.93. The summed E-state index contributed by atoms with van der Waals surface area (Å²) in [5.41, 5.74) is 0.499. The maximum Gasteiger partial charge on any atom is 0.127 e. The molecule has 3 rings (SSSR count). The fraction of sp³-hybridized carbons (Fsp3) is 0.600. The van der Waals surface area contributed by atoms with Crippen LogP contribution in [-0.2, 0) is 11.3 Å². The van der Waals surface area contributed by atoms with E-state index in [-0.39, 0.29) is 24.1 Å². The third kappa shape index (κ3) is 3.10. The van der Waals surface area contributed by atoms with Gasteiger partial charge in [-0.05, 0) is 29.9 Å². The fourth-order valence-corrected chi connectivity index (χ4v) is 4.30. The van der Waals surface area contributed by atoms with Crippen LogP contribution in [0.15, 0.2) is 18.2 Å². The SMILES string of the molecule is OCc1cc(F)cc(OC2CCOC3(CCSC3)C2)c1. The number of ether oxygens (including phenoxy) is 2. The van der Waals surface area contributed by atoms with Gasteiger partial charge >= 0.3 is 0 Å². The van der Waals surface area contributed by atoms with Gasteiger partial charge in [-0.3, -0.25) is 0 Å². The van der Waals surface area contributed by atoms with Gasteiger partial charge in [0.1, 0.15) is 17.7 Å². The van der Waals surface area contributed by atoms with E-state index in [9.17, 15) is 4.39 Å². The van der Waals surface area contributed by atoms with Gasteiger partial charge in [-0.15, -0.1) is 0 Å². The van der Waals surface area contributed by atoms with Gasteiger partial charge in [-0.1, -0.05) is 0 Å². The molecule has 2 atom stereocenters. The molecule has 20 heavy (non-hydrogen) atoms. The Kier molecular flexibility index (Phi) is 4.19. The number of aliphatic hydroxyl groups is 1. The first-order chi connectivity index (χ1) is 9.69. The Morgan fingerprint density at radius 1 is 1.45 bits per heavy atom. The lowest BCUT2D eigenvalue weighted by Gasteiger charge is -2.37. The molecule has 1 spiro atoms. The predicted molar refractivity (Wildman–Crippen MR) is 76.6 cm³/mol. The van der Waals surface area contributed by atoms with Crippen LogP contribution in [0.1, 0.15) is 24.8 Å². The molecule has 0 bridgehead atoms. The molecule has 110 valence electrons. The molecule has 2 aliphatic rings. The average Bonchev–Trinajstić information content (AvgIpc) is 2.86. The molecule has 0 aliphatic carbocycles. The molecular formula is C15H19FO3S. The number of rotatable bonds is 3. The van der Waals surface area contributed by atoms with Crippen molar-refractivity contribution in [2.75, 3.05) is 18.1 Å². The molecule has 1 N–H and O–H groups in total. The second-order valence-corrected chi connectivity index (χ2v) is 6.63. The third-order valence-corrected chi connectivity index (χ3v) is 5.15. The van der Waals surface area contributed by atoms with Crippen LogP contribution in [-0.4, -0.2) is 34.9 Å². The molecule has 2 aliphatic heterocycles. The van der Waals surface area contributed by atoms with E-state index in [0.717, 1.165) is 30.8 Å². The summed E-state index contributed by atoms with van der Waals surface area (Å²) in [5.74, 6) is 2.30. The zero-order valence-electron chi connectivity index (χ0n) is 11.3. The van der Waals surface area contributed by atoms with Crippen LogP contribution in [0, 0.1) is 5.82 Å². The molecule has 0 saturated carbocycles. The van der Waals surface area contributed by atoms with Gasteiger partial charge in [-0.2, -0.15) is 11.8 Å². The average molecular weight is 298 g/mol. The molecular weight excluding hydrogens is 279 g/mol. The summed E-state index contributed by atoms with van der Waals surface area (Å²) in [6.45, 7) is 0.524. The highest BCUT2D eigenvalue weighted by molar-refractivity contribution is 7.99. The highest BCUT2D eigenvalue weighted by Crippen LogP contribution is 2.39. The second-order valence-electron chi connectivity index (χ2n) is 5.52.